The van der Waals surface area contributed by atoms with Gasteiger partial charge in [0.2, 0.25) is 6.33 Å². The number of methoxy groups -OCH3 is 2. The average Bonchev–Trinajstić information content (AvgIpc) is 2.86. The summed E-state index contributed by atoms with van der Waals surface area (Å²) in [5.74, 6) is 1.64. The molecule has 0 aliphatic heterocycles. The lowest BCUT2D eigenvalue weighted by Crippen LogP contribution is -2.31. The van der Waals surface area contributed by atoms with Crippen LogP contribution in [0.4, 0.5) is 0 Å². The summed E-state index contributed by atoms with van der Waals surface area (Å²) in [5.41, 5.74) is 1.16. The van der Waals surface area contributed by atoms with Gasteiger partial charge in [0.1, 0.15) is 30.4 Å². The van der Waals surface area contributed by atoms with Crippen LogP contribution in [0.15, 0.2) is 36.9 Å². The number of aromatic nitrogens is 2. The molecule has 0 fully saturated rings. The molecule has 0 spiro atoms. The number of nitrogens with zero attached hydrogens (tertiary/aromatic N) is 2. The maximum Gasteiger partial charge on any atom is 0.244 e. The molecule has 0 N–H and O–H groups in total. The molecule has 4 nitrogen and oxygen atoms in total. The van der Waals surface area contributed by atoms with Crippen LogP contribution in [0.1, 0.15) is 18.9 Å². The monoisotopic (exact) mass is 261 g/mol. The Kier molecular flexibility index (Phi) is 4.44. The molecule has 0 saturated carbocycles. The molecule has 0 radical (unpaired) electrons. The number of hydrogen-bond acceptors (Lipinski definition) is 2. The van der Waals surface area contributed by atoms with E-state index in [0.29, 0.717) is 0 Å². The first-order valence-electron chi connectivity index (χ1n) is 6.52. The Morgan fingerprint density at radius 2 is 1.79 bits per heavy atom. The van der Waals surface area contributed by atoms with E-state index in [1.54, 1.807) is 14.2 Å². The molecular weight excluding hydrogens is 240 g/mol. The standard InChI is InChI=1S/C15H21N2O2/c1-4-5-16-6-7-17(12-16)11-13-8-14(18-2)10-15(9-13)19-3/h6-10,12H,4-5,11H2,1-3H3/q+1. The minimum absolute atomic E-state index is 0.810. The number of rotatable bonds is 6. The molecule has 0 saturated heterocycles. The topological polar surface area (TPSA) is 27.3 Å². The normalized spacial score (nSPS) is 10.5. The summed E-state index contributed by atoms with van der Waals surface area (Å²) in [7, 11) is 3.34. The van der Waals surface area contributed by atoms with Crippen molar-refractivity contribution in [2.75, 3.05) is 14.2 Å². The van der Waals surface area contributed by atoms with Crippen molar-refractivity contribution in [1.82, 2.24) is 4.57 Å². The highest BCUT2D eigenvalue weighted by Gasteiger charge is 2.07. The Hall–Kier alpha value is -1.97. The molecule has 102 valence electrons. The summed E-state index contributed by atoms with van der Waals surface area (Å²) >= 11 is 0. The first kappa shape index (κ1) is 13.5. The zero-order valence-electron chi connectivity index (χ0n) is 11.8. The SMILES string of the molecule is CCCn1cc[n+](Cc2cc(OC)cc(OC)c2)c1. The van der Waals surface area contributed by atoms with E-state index in [1.807, 2.05) is 18.2 Å². The number of ether oxygens (including phenoxy) is 2. The van der Waals surface area contributed by atoms with Crippen LogP contribution >= 0.6 is 0 Å². The largest absolute Gasteiger partial charge is 0.497 e. The van der Waals surface area contributed by atoms with E-state index in [1.165, 1.54) is 0 Å². The molecular formula is C15H21N2O2+. The number of aryl methyl sites for hydroxylation is 1. The lowest BCUT2D eigenvalue weighted by atomic mass is 10.2. The summed E-state index contributed by atoms with van der Waals surface area (Å²) in [6.45, 7) is 4.04. The van der Waals surface area contributed by atoms with Crippen molar-refractivity contribution in [1.29, 1.82) is 0 Å². The molecule has 2 aromatic rings. The zero-order valence-corrected chi connectivity index (χ0v) is 11.8. The van der Waals surface area contributed by atoms with Crippen LogP contribution in [0, 0.1) is 0 Å². The maximum absolute atomic E-state index is 5.28. The van der Waals surface area contributed by atoms with Gasteiger partial charge in [-0.3, -0.25) is 0 Å². The highest BCUT2D eigenvalue weighted by Crippen LogP contribution is 2.22. The molecule has 1 heterocycles. The van der Waals surface area contributed by atoms with Gasteiger partial charge in [-0.25, -0.2) is 9.13 Å². The zero-order chi connectivity index (χ0) is 13.7. The molecule has 0 bridgehead atoms. The quantitative estimate of drug-likeness (QED) is 0.746. The first-order chi connectivity index (χ1) is 9.25. The van der Waals surface area contributed by atoms with Gasteiger partial charge < -0.3 is 9.47 Å². The Balaban J connectivity index is 2.16. The number of hydrogen-bond donors (Lipinski definition) is 0. The molecule has 4 heteroatoms. The Bertz CT molecular complexity index is 512. The smallest absolute Gasteiger partial charge is 0.244 e. The van der Waals surface area contributed by atoms with Gasteiger partial charge in [-0.2, -0.15) is 0 Å². The molecule has 19 heavy (non-hydrogen) atoms. The van der Waals surface area contributed by atoms with E-state index in [4.69, 9.17) is 9.47 Å². The Morgan fingerprint density at radius 3 is 2.37 bits per heavy atom. The van der Waals surface area contributed by atoms with E-state index in [0.717, 1.165) is 36.6 Å². The summed E-state index contributed by atoms with van der Waals surface area (Å²) in [6.07, 6.45) is 7.44. The fourth-order valence-corrected chi connectivity index (χ4v) is 2.09. The van der Waals surface area contributed by atoms with Crippen molar-refractivity contribution in [3.8, 4) is 11.5 Å². The molecule has 2 rings (SSSR count). The predicted molar refractivity (Wildman–Crippen MR) is 73.6 cm³/mol. The van der Waals surface area contributed by atoms with Gasteiger partial charge in [0.15, 0.2) is 0 Å². The minimum atomic E-state index is 0.810. The molecule has 1 aromatic heterocycles. The van der Waals surface area contributed by atoms with Crippen LogP contribution in [-0.2, 0) is 13.1 Å². The molecule has 0 atom stereocenters. The van der Waals surface area contributed by atoms with Crippen molar-refractivity contribution in [3.05, 3.63) is 42.5 Å². The summed E-state index contributed by atoms with van der Waals surface area (Å²) in [6, 6.07) is 5.95. The van der Waals surface area contributed by atoms with E-state index < -0.39 is 0 Å². The summed E-state index contributed by atoms with van der Waals surface area (Å²) in [4.78, 5) is 0. The molecule has 0 amide bonds. The van der Waals surface area contributed by atoms with Crippen molar-refractivity contribution in [2.45, 2.75) is 26.4 Å². The van der Waals surface area contributed by atoms with Crippen LogP contribution in [0.5, 0.6) is 11.5 Å². The second kappa shape index (κ2) is 6.27. The van der Waals surface area contributed by atoms with Crippen molar-refractivity contribution in [3.63, 3.8) is 0 Å². The van der Waals surface area contributed by atoms with Gasteiger partial charge >= 0.3 is 0 Å². The minimum Gasteiger partial charge on any atom is -0.497 e. The second-order valence-corrected chi connectivity index (χ2v) is 4.54. The Morgan fingerprint density at radius 1 is 1.11 bits per heavy atom. The van der Waals surface area contributed by atoms with Crippen LogP contribution < -0.4 is 14.0 Å². The van der Waals surface area contributed by atoms with Gasteiger partial charge in [0, 0.05) is 11.6 Å². The predicted octanol–water partition coefficient (Wildman–Crippen LogP) is 2.25. The van der Waals surface area contributed by atoms with Crippen LogP contribution in [-0.4, -0.2) is 18.8 Å². The van der Waals surface area contributed by atoms with Crippen LogP contribution in [0.2, 0.25) is 0 Å². The third-order valence-electron chi connectivity index (χ3n) is 3.00. The van der Waals surface area contributed by atoms with Crippen molar-refractivity contribution in [2.24, 2.45) is 0 Å². The molecule has 0 unspecified atom stereocenters. The van der Waals surface area contributed by atoms with E-state index >= 15 is 0 Å². The van der Waals surface area contributed by atoms with Gasteiger partial charge in [-0.05, 0) is 18.6 Å². The lowest BCUT2D eigenvalue weighted by molar-refractivity contribution is -0.687. The van der Waals surface area contributed by atoms with Crippen molar-refractivity contribution >= 4 is 0 Å². The number of benzene rings is 1. The molecule has 0 aliphatic carbocycles. The lowest BCUT2D eigenvalue weighted by Gasteiger charge is -2.07. The maximum atomic E-state index is 5.28. The summed E-state index contributed by atoms with van der Waals surface area (Å²) < 4.78 is 14.9. The van der Waals surface area contributed by atoms with Gasteiger partial charge in [0.05, 0.1) is 20.8 Å². The van der Waals surface area contributed by atoms with E-state index in [-0.39, 0.29) is 0 Å². The first-order valence-corrected chi connectivity index (χ1v) is 6.52. The van der Waals surface area contributed by atoms with E-state index in [2.05, 4.69) is 34.8 Å². The highest BCUT2D eigenvalue weighted by atomic mass is 16.5. The fraction of sp³-hybridized carbons (Fsp3) is 0.400. The van der Waals surface area contributed by atoms with Crippen LogP contribution in [0.25, 0.3) is 0 Å². The third-order valence-corrected chi connectivity index (χ3v) is 3.00. The van der Waals surface area contributed by atoms with Crippen LogP contribution in [0.3, 0.4) is 0 Å². The molecule has 1 aromatic carbocycles. The number of imidazole rings is 1. The third kappa shape index (κ3) is 3.50. The average molecular weight is 261 g/mol. The van der Waals surface area contributed by atoms with Gasteiger partial charge in [0.25, 0.3) is 0 Å². The highest BCUT2D eigenvalue weighted by molar-refractivity contribution is 5.38. The van der Waals surface area contributed by atoms with Gasteiger partial charge in [-0.1, -0.05) is 6.92 Å². The van der Waals surface area contributed by atoms with Gasteiger partial charge in [-0.15, -0.1) is 0 Å². The summed E-state index contributed by atoms with van der Waals surface area (Å²) in [5, 5.41) is 0. The van der Waals surface area contributed by atoms with E-state index in [9.17, 15) is 0 Å². The fourth-order valence-electron chi connectivity index (χ4n) is 2.09. The Labute approximate surface area is 114 Å². The molecule has 0 aliphatic rings. The second-order valence-electron chi connectivity index (χ2n) is 4.54. The van der Waals surface area contributed by atoms with Crippen molar-refractivity contribution < 1.29 is 14.0 Å².